The van der Waals surface area contributed by atoms with Gasteiger partial charge in [0, 0.05) is 7.05 Å². The lowest BCUT2D eigenvalue weighted by Gasteiger charge is -2.16. The number of phenolic OH excluding ortho intramolecular Hbond substituents is 1. The van der Waals surface area contributed by atoms with E-state index in [1.54, 1.807) is 19.2 Å². The van der Waals surface area contributed by atoms with E-state index >= 15 is 0 Å². The van der Waals surface area contributed by atoms with Crippen LogP contribution in [-0.2, 0) is 4.79 Å². The summed E-state index contributed by atoms with van der Waals surface area (Å²) < 4.78 is 0. The van der Waals surface area contributed by atoms with Gasteiger partial charge >= 0.3 is 0 Å². The number of carbonyl (C=O) groups is 1. The van der Waals surface area contributed by atoms with Crippen LogP contribution >= 0.6 is 0 Å². The molecule has 0 heterocycles. The lowest BCUT2D eigenvalue weighted by Crippen LogP contribution is -2.22. The molecule has 0 aromatic heterocycles. The van der Waals surface area contributed by atoms with Crippen molar-refractivity contribution in [2.75, 3.05) is 13.6 Å². The van der Waals surface area contributed by atoms with E-state index < -0.39 is 6.10 Å². The van der Waals surface area contributed by atoms with Crippen LogP contribution in [0.4, 0.5) is 0 Å². The zero-order valence-corrected chi connectivity index (χ0v) is 7.92. The summed E-state index contributed by atoms with van der Waals surface area (Å²) in [6, 6.07) is 6.25. The minimum atomic E-state index is -0.717. The first-order valence-electron chi connectivity index (χ1n) is 4.26. The standard InChI is InChI=1S/C10H13NO3/c1-11(7-12)6-10(14)8-2-4-9(13)5-3-8/h2-5,7,10,13-14H,6H2,1H3. The highest BCUT2D eigenvalue weighted by molar-refractivity contribution is 5.46. The number of hydrogen-bond donors (Lipinski definition) is 2. The van der Waals surface area contributed by atoms with Crippen LogP contribution in [0.3, 0.4) is 0 Å². The molecule has 0 aliphatic heterocycles. The molecule has 0 radical (unpaired) electrons. The molecule has 4 nitrogen and oxygen atoms in total. The molecule has 0 saturated heterocycles. The highest BCUT2D eigenvalue weighted by atomic mass is 16.3. The summed E-state index contributed by atoms with van der Waals surface area (Å²) in [6.45, 7) is 0.244. The number of amides is 1. The molecule has 1 aromatic carbocycles. The van der Waals surface area contributed by atoms with Gasteiger partial charge < -0.3 is 15.1 Å². The van der Waals surface area contributed by atoms with E-state index in [2.05, 4.69) is 0 Å². The quantitative estimate of drug-likeness (QED) is 0.688. The summed E-state index contributed by atoms with van der Waals surface area (Å²) in [5.41, 5.74) is 0.677. The third-order valence-corrected chi connectivity index (χ3v) is 1.92. The average Bonchev–Trinajstić information content (AvgIpc) is 2.18. The Bertz CT molecular complexity index is 297. The van der Waals surface area contributed by atoms with Crippen LogP contribution in [0.15, 0.2) is 24.3 Å². The highest BCUT2D eigenvalue weighted by Gasteiger charge is 2.08. The van der Waals surface area contributed by atoms with E-state index in [-0.39, 0.29) is 12.3 Å². The van der Waals surface area contributed by atoms with Gasteiger partial charge in [-0.25, -0.2) is 0 Å². The number of phenols is 1. The van der Waals surface area contributed by atoms with E-state index in [4.69, 9.17) is 5.11 Å². The minimum absolute atomic E-state index is 0.157. The molecular formula is C10H13NO3. The Morgan fingerprint density at radius 3 is 2.50 bits per heavy atom. The largest absolute Gasteiger partial charge is 0.508 e. The van der Waals surface area contributed by atoms with Crippen molar-refractivity contribution < 1.29 is 15.0 Å². The van der Waals surface area contributed by atoms with Gasteiger partial charge in [-0.1, -0.05) is 12.1 Å². The smallest absolute Gasteiger partial charge is 0.209 e. The zero-order chi connectivity index (χ0) is 10.6. The molecule has 1 unspecified atom stereocenters. The SMILES string of the molecule is CN(C=O)CC(O)c1ccc(O)cc1. The van der Waals surface area contributed by atoms with E-state index in [0.29, 0.717) is 12.0 Å². The number of aliphatic hydroxyl groups is 1. The molecule has 1 amide bonds. The molecule has 0 bridgehead atoms. The van der Waals surface area contributed by atoms with E-state index in [1.807, 2.05) is 0 Å². The van der Waals surface area contributed by atoms with Gasteiger partial charge in [0.25, 0.3) is 0 Å². The number of carbonyl (C=O) groups excluding carboxylic acids is 1. The third-order valence-electron chi connectivity index (χ3n) is 1.92. The van der Waals surface area contributed by atoms with Gasteiger partial charge in [0.2, 0.25) is 6.41 Å². The van der Waals surface area contributed by atoms with Crippen LogP contribution in [0.5, 0.6) is 5.75 Å². The summed E-state index contributed by atoms with van der Waals surface area (Å²) >= 11 is 0. The first kappa shape index (κ1) is 10.5. The zero-order valence-electron chi connectivity index (χ0n) is 7.92. The number of likely N-dealkylation sites (N-methyl/N-ethyl adjacent to an activating group) is 1. The van der Waals surface area contributed by atoms with Crippen LogP contribution in [0.1, 0.15) is 11.7 Å². The lowest BCUT2D eigenvalue weighted by molar-refractivity contribution is -0.118. The molecule has 76 valence electrons. The van der Waals surface area contributed by atoms with Crippen molar-refractivity contribution in [3.8, 4) is 5.75 Å². The first-order valence-corrected chi connectivity index (χ1v) is 4.26. The van der Waals surface area contributed by atoms with E-state index in [9.17, 15) is 9.90 Å². The second-order valence-electron chi connectivity index (χ2n) is 3.15. The number of nitrogens with zero attached hydrogens (tertiary/aromatic N) is 1. The molecule has 0 aliphatic carbocycles. The maximum atomic E-state index is 10.3. The maximum Gasteiger partial charge on any atom is 0.209 e. The van der Waals surface area contributed by atoms with Crippen molar-refractivity contribution >= 4 is 6.41 Å². The Hall–Kier alpha value is -1.55. The summed E-state index contributed by atoms with van der Waals surface area (Å²) in [5.74, 6) is 0.157. The Kier molecular flexibility index (Phi) is 3.48. The van der Waals surface area contributed by atoms with Crippen LogP contribution in [-0.4, -0.2) is 35.1 Å². The molecule has 14 heavy (non-hydrogen) atoms. The van der Waals surface area contributed by atoms with E-state index in [1.165, 1.54) is 17.0 Å². The van der Waals surface area contributed by atoms with Gasteiger partial charge in [-0.2, -0.15) is 0 Å². The van der Waals surface area contributed by atoms with Crippen LogP contribution in [0, 0.1) is 0 Å². The maximum absolute atomic E-state index is 10.3. The van der Waals surface area contributed by atoms with Gasteiger partial charge in [-0.15, -0.1) is 0 Å². The average molecular weight is 195 g/mol. The molecule has 0 fully saturated rings. The summed E-state index contributed by atoms with van der Waals surface area (Å²) in [7, 11) is 1.59. The number of aromatic hydroxyl groups is 1. The lowest BCUT2D eigenvalue weighted by atomic mass is 10.1. The highest BCUT2D eigenvalue weighted by Crippen LogP contribution is 2.16. The topological polar surface area (TPSA) is 60.8 Å². The van der Waals surface area contributed by atoms with Gasteiger partial charge in [0.05, 0.1) is 12.6 Å². The molecule has 0 saturated carbocycles. The van der Waals surface area contributed by atoms with Crippen molar-refractivity contribution in [1.29, 1.82) is 0 Å². The van der Waals surface area contributed by atoms with Gasteiger partial charge in [-0.3, -0.25) is 4.79 Å². The molecular weight excluding hydrogens is 182 g/mol. The number of aliphatic hydroxyl groups excluding tert-OH is 1. The Labute approximate surface area is 82.4 Å². The molecule has 1 atom stereocenters. The fraction of sp³-hybridized carbons (Fsp3) is 0.300. The summed E-state index contributed by atoms with van der Waals surface area (Å²) in [6.07, 6.45) is -0.0605. The van der Waals surface area contributed by atoms with Gasteiger partial charge in [-0.05, 0) is 17.7 Å². The molecule has 0 aliphatic rings. The second-order valence-corrected chi connectivity index (χ2v) is 3.15. The summed E-state index contributed by atoms with van der Waals surface area (Å²) in [5, 5.41) is 18.6. The van der Waals surface area contributed by atoms with E-state index in [0.717, 1.165) is 0 Å². The Balaban J connectivity index is 2.64. The fourth-order valence-corrected chi connectivity index (χ4v) is 1.12. The normalized spacial score (nSPS) is 12.1. The predicted molar refractivity (Wildman–Crippen MR) is 51.8 cm³/mol. The third kappa shape index (κ3) is 2.74. The van der Waals surface area contributed by atoms with Crippen LogP contribution < -0.4 is 0 Å². The molecule has 2 N–H and O–H groups in total. The fourth-order valence-electron chi connectivity index (χ4n) is 1.12. The molecule has 1 rings (SSSR count). The van der Waals surface area contributed by atoms with Crippen LogP contribution in [0.2, 0.25) is 0 Å². The monoisotopic (exact) mass is 195 g/mol. The molecule has 4 heteroatoms. The minimum Gasteiger partial charge on any atom is -0.508 e. The summed E-state index contributed by atoms with van der Waals surface area (Å²) in [4.78, 5) is 11.7. The van der Waals surface area contributed by atoms with Gasteiger partial charge in [0.15, 0.2) is 0 Å². The first-order chi connectivity index (χ1) is 6.63. The van der Waals surface area contributed by atoms with Crippen LogP contribution in [0.25, 0.3) is 0 Å². The number of hydrogen-bond acceptors (Lipinski definition) is 3. The number of benzene rings is 1. The second kappa shape index (κ2) is 4.62. The van der Waals surface area contributed by atoms with Crippen molar-refractivity contribution in [3.63, 3.8) is 0 Å². The predicted octanol–water partition coefficient (Wildman–Crippen LogP) is 0.514. The Morgan fingerprint density at radius 1 is 1.43 bits per heavy atom. The van der Waals surface area contributed by atoms with Crippen molar-refractivity contribution in [3.05, 3.63) is 29.8 Å². The Morgan fingerprint density at radius 2 is 2.00 bits per heavy atom. The van der Waals surface area contributed by atoms with Crippen molar-refractivity contribution in [2.45, 2.75) is 6.10 Å². The van der Waals surface area contributed by atoms with Crippen molar-refractivity contribution in [1.82, 2.24) is 4.90 Å². The number of rotatable bonds is 4. The van der Waals surface area contributed by atoms with Gasteiger partial charge in [0.1, 0.15) is 5.75 Å². The molecule has 1 aromatic rings. The van der Waals surface area contributed by atoms with Crippen molar-refractivity contribution in [2.24, 2.45) is 0 Å². The molecule has 0 spiro atoms.